The molecule has 2 aromatic rings. The molecule has 2 rings (SSSR count). The van der Waals surface area contributed by atoms with E-state index in [1.165, 1.54) is 12.1 Å². The van der Waals surface area contributed by atoms with Crippen LogP contribution < -0.4 is 7.02 Å². The number of benzene rings is 2. The summed E-state index contributed by atoms with van der Waals surface area (Å²) in [5.41, 5.74) is -13.3. The van der Waals surface area contributed by atoms with Crippen molar-refractivity contribution in [2.75, 3.05) is 0 Å². The Hall–Kier alpha value is -1.18. The molecule has 0 spiro atoms. The Morgan fingerprint density at radius 3 is 1.41 bits per heavy atom. The van der Waals surface area contributed by atoms with Crippen molar-refractivity contribution in [1.82, 2.24) is 0 Å². The Morgan fingerprint density at radius 1 is 0.641 bits per heavy atom. The van der Waals surface area contributed by atoms with E-state index in [4.69, 9.17) is 0 Å². The number of alkyl halides is 12. The fourth-order valence-electron chi connectivity index (χ4n) is 3.72. The minimum absolute atomic E-state index is 0.129. The third-order valence-electron chi connectivity index (χ3n) is 6.02. The second kappa shape index (κ2) is 10.3. The number of hydrogen-bond donors (Lipinski definition) is 2. The van der Waals surface area contributed by atoms with Crippen LogP contribution in [0.15, 0.2) is 48.5 Å². The normalized spacial score (nSPS) is 16.3. The van der Waals surface area contributed by atoms with Crippen molar-refractivity contribution in [3.05, 3.63) is 59.7 Å². The third kappa shape index (κ3) is 6.06. The topological polar surface area (TPSA) is 40.5 Å². The molecule has 2 N–H and O–H groups in total. The quantitative estimate of drug-likeness (QED) is 0.267. The Balaban J connectivity index is 3.07. The number of halogens is 13. The standard InChI is InChI=1S/C10H13.C9H5F6O.C4H3F6O.BrH.Sb/c1-10(2,3)9-7-5-4-6-8-9;10-8(11,12)7(16,9(13,14)15)6-4-2-1-3-5-6;1-2(11,3(5,6)7)4(8,9)10;;/h5-8H,1-3H3;1-4,16H;11H,1H2;1H;/q;;;;+1/p-1. The summed E-state index contributed by atoms with van der Waals surface area (Å²) in [6.45, 7) is 5.08. The van der Waals surface area contributed by atoms with Crippen LogP contribution in [-0.2, 0) is 11.0 Å². The Kier molecular flexibility index (Phi) is 8.96. The molecule has 0 saturated carbocycles. The van der Waals surface area contributed by atoms with Gasteiger partial charge in [0.1, 0.15) is 0 Å². The van der Waals surface area contributed by atoms with Crippen molar-refractivity contribution in [1.29, 1.82) is 0 Å². The molecule has 221 valence electrons. The molecular formula is C23H21BrF12O2Sb. The molecule has 1 unspecified atom stereocenters. The first-order chi connectivity index (χ1) is 17.1. The van der Waals surface area contributed by atoms with E-state index in [0.717, 1.165) is 18.2 Å². The van der Waals surface area contributed by atoms with Crippen molar-refractivity contribution in [3.63, 3.8) is 0 Å². The van der Waals surface area contributed by atoms with Crippen molar-refractivity contribution >= 4 is 36.2 Å². The van der Waals surface area contributed by atoms with Gasteiger partial charge in [0.2, 0.25) is 0 Å². The summed E-state index contributed by atoms with van der Waals surface area (Å²) in [6.07, 6.45) is -25.8. The van der Waals surface area contributed by atoms with Crippen LogP contribution in [0.25, 0.3) is 0 Å². The van der Waals surface area contributed by atoms with Crippen LogP contribution in [0.1, 0.15) is 31.9 Å². The summed E-state index contributed by atoms with van der Waals surface area (Å²) < 4.78 is 161. The van der Waals surface area contributed by atoms with E-state index >= 15 is 0 Å². The van der Waals surface area contributed by atoms with E-state index in [1.54, 1.807) is 20.8 Å². The predicted octanol–water partition coefficient (Wildman–Crippen LogP) is 6.61. The molecule has 2 nitrogen and oxygen atoms in total. The van der Waals surface area contributed by atoms with E-state index in [2.05, 4.69) is 12.6 Å². The molecule has 0 saturated heterocycles. The Labute approximate surface area is 224 Å². The second-order valence-electron chi connectivity index (χ2n) is 9.75. The Morgan fingerprint density at radius 2 is 1.05 bits per heavy atom. The number of aliphatic hydroxyl groups is 2. The van der Waals surface area contributed by atoms with Gasteiger partial charge in [-0.1, -0.05) is 0 Å². The second-order valence-corrected chi connectivity index (χ2v) is 25.7. The van der Waals surface area contributed by atoms with E-state index in [9.17, 15) is 62.9 Å². The first kappa shape index (κ1) is 34.0. The molecule has 0 aliphatic rings. The maximum absolute atomic E-state index is 13.8. The van der Waals surface area contributed by atoms with Gasteiger partial charge in [-0.2, -0.15) is 0 Å². The number of rotatable bonds is 5. The van der Waals surface area contributed by atoms with Gasteiger partial charge in [0, 0.05) is 0 Å². The zero-order chi connectivity index (χ0) is 30.7. The van der Waals surface area contributed by atoms with Crippen LogP contribution in [-0.4, -0.2) is 57.1 Å². The average molecular weight is 759 g/mol. The predicted molar refractivity (Wildman–Crippen MR) is 123 cm³/mol. The van der Waals surface area contributed by atoms with Crippen LogP contribution in [0.2, 0.25) is 4.37 Å². The van der Waals surface area contributed by atoms with Crippen molar-refractivity contribution in [2.24, 2.45) is 0 Å². The summed E-state index contributed by atoms with van der Waals surface area (Å²) in [4.78, 5) is 0. The van der Waals surface area contributed by atoms with Gasteiger partial charge in [0.25, 0.3) is 0 Å². The van der Waals surface area contributed by atoms with Crippen LogP contribution in [0.5, 0.6) is 0 Å². The van der Waals surface area contributed by atoms with Gasteiger partial charge in [-0.3, -0.25) is 0 Å². The molecule has 0 amide bonds. The van der Waals surface area contributed by atoms with Crippen LogP contribution in [0.4, 0.5) is 52.7 Å². The monoisotopic (exact) mass is 757 g/mol. The molecule has 0 bridgehead atoms. The maximum atomic E-state index is 13.8. The van der Waals surface area contributed by atoms with Crippen LogP contribution in [0, 0.1) is 0 Å². The summed E-state index contributed by atoms with van der Waals surface area (Å²) in [5.74, 6) is 0. The van der Waals surface area contributed by atoms with Crippen LogP contribution >= 0.6 is 12.6 Å². The molecule has 0 aliphatic carbocycles. The van der Waals surface area contributed by atoms with Gasteiger partial charge in [0.05, 0.1) is 0 Å². The third-order valence-corrected chi connectivity index (χ3v) is 22.0. The van der Waals surface area contributed by atoms with Gasteiger partial charge >= 0.3 is 225 Å². The first-order valence-corrected chi connectivity index (χ1v) is 20.7. The number of hydrogen-bond acceptors (Lipinski definition) is 2. The molecule has 1 atom stereocenters. The molecule has 1 radical (unpaired) electrons. The summed E-state index contributed by atoms with van der Waals surface area (Å²) in [7, 11) is 0. The molecule has 0 heterocycles. The van der Waals surface area contributed by atoms with Gasteiger partial charge in [0.15, 0.2) is 0 Å². The zero-order valence-electron chi connectivity index (χ0n) is 20.1. The van der Waals surface area contributed by atoms with Crippen molar-refractivity contribution in [3.8, 4) is 0 Å². The fraction of sp³-hybridized carbons (Fsp3) is 0.478. The van der Waals surface area contributed by atoms with E-state index in [-0.39, 0.29) is 6.07 Å². The van der Waals surface area contributed by atoms with Gasteiger partial charge in [-0.15, -0.1) is 0 Å². The molecule has 16 heteroatoms. The molecule has 0 aliphatic heterocycles. The fourth-order valence-corrected chi connectivity index (χ4v) is 18.9. The van der Waals surface area contributed by atoms with Crippen LogP contribution in [0.3, 0.4) is 0 Å². The van der Waals surface area contributed by atoms with Crippen molar-refractivity contribution in [2.45, 2.75) is 66.5 Å². The van der Waals surface area contributed by atoms with Gasteiger partial charge in [-0.05, 0) is 0 Å². The zero-order valence-corrected chi connectivity index (χ0v) is 24.2. The summed E-state index contributed by atoms with van der Waals surface area (Å²) >= 11 is -3.44. The Bertz CT molecular complexity index is 1140. The summed E-state index contributed by atoms with van der Waals surface area (Å²) in [6, 6.07) is 6.52. The average Bonchev–Trinajstić information content (AvgIpc) is 2.74. The summed E-state index contributed by atoms with van der Waals surface area (Å²) in [5, 5.41) is 20.1. The first-order valence-electron chi connectivity index (χ1n) is 10.6. The molecule has 0 fully saturated rings. The molecule has 39 heavy (non-hydrogen) atoms. The van der Waals surface area contributed by atoms with E-state index < -0.39 is 74.8 Å². The molecular weight excluding hydrogens is 738 g/mol. The van der Waals surface area contributed by atoms with Crippen molar-refractivity contribution < 1.29 is 62.9 Å². The van der Waals surface area contributed by atoms with Gasteiger partial charge in [-0.25, -0.2) is 0 Å². The van der Waals surface area contributed by atoms with Gasteiger partial charge < -0.3 is 0 Å². The SMILES string of the molecule is CC(C)(C)c1cc[c]([Sb]([Br])([CH2]C(O)(C(F)(F)F)C(F)(F)F)[c]2ccccc2C(O)(C(F)(F)F)C(F)(F)F)cc1. The minimum atomic E-state index is -6.49. The molecule has 2 aromatic carbocycles. The van der Waals surface area contributed by atoms with E-state index in [1.807, 2.05) is 0 Å². The molecule has 0 aromatic heterocycles. The van der Waals surface area contributed by atoms with E-state index in [0.29, 0.717) is 17.7 Å².